The normalized spacial score (nSPS) is 10.8. The van der Waals surface area contributed by atoms with E-state index in [1.807, 2.05) is 6.20 Å². The van der Waals surface area contributed by atoms with Crippen LogP contribution < -0.4 is 0 Å². The Hall–Kier alpha value is -0.860. The van der Waals surface area contributed by atoms with Crippen LogP contribution >= 0.6 is 0 Å². The fourth-order valence-electron chi connectivity index (χ4n) is 1.78. The topological polar surface area (TPSA) is 30.7 Å². The van der Waals surface area contributed by atoms with Crippen molar-refractivity contribution in [2.75, 3.05) is 0 Å². The maximum absolute atomic E-state index is 4.12. The Morgan fingerprint density at radius 3 is 2.60 bits per heavy atom. The number of aromatic nitrogens is 3. The van der Waals surface area contributed by atoms with Gasteiger partial charge in [0.25, 0.3) is 0 Å². The van der Waals surface area contributed by atoms with E-state index in [1.54, 1.807) is 0 Å². The molecule has 0 spiro atoms. The molecule has 0 bridgehead atoms. The predicted molar refractivity (Wildman–Crippen MR) is 62.8 cm³/mol. The molecule has 1 heterocycles. The smallest absolute Gasteiger partial charge is 0.0725 e. The molecule has 0 aliphatic rings. The standard InChI is InChI=1S/C12H23N3/c1-3-5-6-7-8-10-15-12(9-4-2)11-13-14-15/h11H,3-10H2,1-2H3. The van der Waals surface area contributed by atoms with E-state index < -0.39 is 0 Å². The first kappa shape index (κ1) is 12.2. The van der Waals surface area contributed by atoms with Crippen molar-refractivity contribution in [2.24, 2.45) is 0 Å². The van der Waals surface area contributed by atoms with E-state index in [4.69, 9.17) is 0 Å². The molecule has 0 unspecified atom stereocenters. The van der Waals surface area contributed by atoms with Crippen molar-refractivity contribution in [3.63, 3.8) is 0 Å². The summed E-state index contributed by atoms with van der Waals surface area (Å²) in [5, 5.41) is 8.09. The van der Waals surface area contributed by atoms with E-state index in [-0.39, 0.29) is 0 Å². The zero-order valence-corrected chi connectivity index (χ0v) is 10.1. The highest BCUT2D eigenvalue weighted by Crippen LogP contribution is 2.06. The second-order valence-electron chi connectivity index (χ2n) is 4.11. The molecular weight excluding hydrogens is 186 g/mol. The molecule has 0 aliphatic carbocycles. The molecule has 1 aromatic heterocycles. The second kappa shape index (κ2) is 7.43. The molecule has 0 aliphatic heterocycles. The fraction of sp³-hybridized carbons (Fsp3) is 0.833. The summed E-state index contributed by atoms with van der Waals surface area (Å²) in [7, 11) is 0. The maximum Gasteiger partial charge on any atom is 0.0725 e. The minimum absolute atomic E-state index is 1.04. The van der Waals surface area contributed by atoms with Gasteiger partial charge < -0.3 is 0 Å². The average Bonchev–Trinajstić information content (AvgIpc) is 2.66. The molecule has 0 N–H and O–H groups in total. The van der Waals surface area contributed by atoms with Crippen LogP contribution in [0.2, 0.25) is 0 Å². The van der Waals surface area contributed by atoms with Gasteiger partial charge in [0, 0.05) is 6.54 Å². The minimum atomic E-state index is 1.04. The van der Waals surface area contributed by atoms with Gasteiger partial charge in [-0.05, 0) is 12.8 Å². The summed E-state index contributed by atoms with van der Waals surface area (Å²) in [6.07, 6.45) is 10.7. The average molecular weight is 209 g/mol. The van der Waals surface area contributed by atoms with Crippen molar-refractivity contribution in [3.05, 3.63) is 11.9 Å². The van der Waals surface area contributed by atoms with Gasteiger partial charge in [-0.1, -0.05) is 51.2 Å². The third-order valence-electron chi connectivity index (χ3n) is 2.68. The lowest BCUT2D eigenvalue weighted by Gasteiger charge is -2.04. The fourth-order valence-corrected chi connectivity index (χ4v) is 1.78. The SMILES string of the molecule is CCCCCCCn1nncc1CCC. The highest BCUT2D eigenvalue weighted by molar-refractivity contribution is 4.93. The van der Waals surface area contributed by atoms with Gasteiger partial charge in [-0.3, -0.25) is 0 Å². The Morgan fingerprint density at radius 1 is 1.07 bits per heavy atom. The number of rotatable bonds is 8. The minimum Gasteiger partial charge on any atom is -0.249 e. The number of hydrogen-bond donors (Lipinski definition) is 0. The van der Waals surface area contributed by atoms with E-state index in [0.717, 1.165) is 13.0 Å². The van der Waals surface area contributed by atoms with Gasteiger partial charge in [-0.15, -0.1) is 5.10 Å². The summed E-state index contributed by atoms with van der Waals surface area (Å²) in [5.74, 6) is 0. The lowest BCUT2D eigenvalue weighted by Crippen LogP contribution is -2.05. The zero-order chi connectivity index (χ0) is 10.9. The molecule has 3 heteroatoms. The van der Waals surface area contributed by atoms with E-state index >= 15 is 0 Å². The highest BCUT2D eigenvalue weighted by atomic mass is 15.4. The lowest BCUT2D eigenvalue weighted by molar-refractivity contribution is 0.505. The molecule has 0 atom stereocenters. The van der Waals surface area contributed by atoms with Crippen molar-refractivity contribution in [2.45, 2.75) is 65.3 Å². The molecule has 15 heavy (non-hydrogen) atoms. The van der Waals surface area contributed by atoms with Gasteiger partial charge >= 0.3 is 0 Å². The largest absolute Gasteiger partial charge is 0.249 e. The summed E-state index contributed by atoms with van der Waals surface area (Å²) in [5.41, 5.74) is 1.29. The first-order valence-corrected chi connectivity index (χ1v) is 6.25. The number of nitrogens with zero attached hydrogens (tertiary/aromatic N) is 3. The van der Waals surface area contributed by atoms with Crippen LogP contribution in [0.25, 0.3) is 0 Å². The van der Waals surface area contributed by atoms with Crippen LogP contribution in [-0.2, 0) is 13.0 Å². The number of unbranched alkanes of at least 4 members (excludes halogenated alkanes) is 4. The quantitative estimate of drug-likeness (QED) is 0.615. The Morgan fingerprint density at radius 2 is 1.87 bits per heavy atom. The van der Waals surface area contributed by atoms with E-state index in [2.05, 4.69) is 28.8 Å². The highest BCUT2D eigenvalue weighted by Gasteiger charge is 2.01. The van der Waals surface area contributed by atoms with Crippen LogP contribution in [0.5, 0.6) is 0 Å². The van der Waals surface area contributed by atoms with Gasteiger partial charge in [-0.2, -0.15) is 0 Å². The van der Waals surface area contributed by atoms with Crippen molar-refractivity contribution < 1.29 is 0 Å². The summed E-state index contributed by atoms with van der Waals surface area (Å²) in [4.78, 5) is 0. The van der Waals surface area contributed by atoms with Gasteiger partial charge in [0.05, 0.1) is 11.9 Å². The van der Waals surface area contributed by atoms with Crippen molar-refractivity contribution in [1.82, 2.24) is 15.0 Å². The Kier molecular flexibility index (Phi) is 6.05. The third-order valence-corrected chi connectivity index (χ3v) is 2.68. The molecule has 1 aromatic rings. The Bertz CT molecular complexity index is 255. The predicted octanol–water partition coefficient (Wildman–Crippen LogP) is 3.20. The summed E-state index contributed by atoms with van der Waals surface area (Å²) >= 11 is 0. The van der Waals surface area contributed by atoms with E-state index in [0.29, 0.717) is 0 Å². The number of hydrogen-bond acceptors (Lipinski definition) is 2. The number of aryl methyl sites for hydroxylation is 2. The molecule has 86 valence electrons. The van der Waals surface area contributed by atoms with Gasteiger partial charge in [-0.25, -0.2) is 4.68 Å². The van der Waals surface area contributed by atoms with Crippen LogP contribution in [0, 0.1) is 0 Å². The Balaban J connectivity index is 2.21. The molecule has 0 saturated carbocycles. The van der Waals surface area contributed by atoms with E-state index in [1.165, 1.54) is 44.2 Å². The third kappa shape index (κ3) is 4.45. The van der Waals surface area contributed by atoms with Crippen LogP contribution in [0.15, 0.2) is 6.20 Å². The monoisotopic (exact) mass is 209 g/mol. The summed E-state index contributed by atoms with van der Waals surface area (Å²) < 4.78 is 2.06. The van der Waals surface area contributed by atoms with Crippen LogP contribution in [0.1, 0.15) is 58.1 Å². The maximum atomic E-state index is 4.12. The molecule has 0 fully saturated rings. The second-order valence-corrected chi connectivity index (χ2v) is 4.11. The first-order valence-electron chi connectivity index (χ1n) is 6.25. The van der Waals surface area contributed by atoms with Crippen molar-refractivity contribution in [1.29, 1.82) is 0 Å². The van der Waals surface area contributed by atoms with Crippen LogP contribution in [-0.4, -0.2) is 15.0 Å². The zero-order valence-electron chi connectivity index (χ0n) is 10.1. The Labute approximate surface area is 92.9 Å². The summed E-state index contributed by atoms with van der Waals surface area (Å²) in [6, 6.07) is 0. The van der Waals surface area contributed by atoms with E-state index in [9.17, 15) is 0 Å². The summed E-state index contributed by atoms with van der Waals surface area (Å²) in [6.45, 7) is 5.48. The van der Waals surface area contributed by atoms with Crippen molar-refractivity contribution in [3.8, 4) is 0 Å². The van der Waals surface area contributed by atoms with Crippen molar-refractivity contribution >= 4 is 0 Å². The molecule has 3 nitrogen and oxygen atoms in total. The molecule has 0 aromatic carbocycles. The van der Waals surface area contributed by atoms with Crippen LogP contribution in [0.4, 0.5) is 0 Å². The molecular formula is C12H23N3. The van der Waals surface area contributed by atoms with Gasteiger partial charge in [0.15, 0.2) is 0 Å². The molecule has 1 rings (SSSR count). The molecule has 0 amide bonds. The van der Waals surface area contributed by atoms with Gasteiger partial charge in [0.1, 0.15) is 0 Å². The molecule has 0 saturated heterocycles. The first-order chi connectivity index (χ1) is 7.38. The van der Waals surface area contributed by atoms with Gasteiger partial charge in [0.2, 0.25) is 0 Å². The molecule has 0 radical (unpaired) electrons. The van der Waals surface area contributed by atoms with Crippen LogP contribution in [0.3, 0.4) is 0 Å². The lowest BCUT2D eigenvalue weighted by atomic mass is 10.1.